The first kappa shape index (κ1) is 21.8. The first-order valence-corrected chi connectivity index (χ1v) is 10.3. The zero-order chi connectivity index (χ0) is 22.3. The SMILES string of the molecule is CC(=O)c1ccn(C(=O)N2C[C@H]3C[C@H](OCc4cccc(Cl)c4C(F)(F)F)C[C@H]3C2)n1. The van der Waals surface area contributed by atoms with Crippen LogP contribution in [0.2, 0.25) is 5.02 Å². The monoisotopic (exact) mass is 455 g/mol. The number of carbonyl (C=O) groups excluding carboxylic acids is 2. The molecule has 4 rings (SSSR count). The summed E-state index contributed by atoms with van der Waals surface area (Å²) in [5.74, 6) is 0.231. The second-order valence-electron chi connectivity index (χ2n) is 8.09. The third-order valence-corrected chi connectivity index (χ3v) is 6.30. The highest BCUT2D eigenvalue weighted by Crippen LogP contribution is 2.41. The van der Waals surface area contributed by atoms with Crippen LogP contribution >= 0.6 is 11.6 Å². The molecule has 1 aliphatic heterocycles. The van der Waals surface area contributed by atoms with E-state index >= 15 is 0 Å². The molecule has 2 aliphatic rings. The highest BCUT2D eigenvalue weighted by Gasteiger charge is 2.43. The molecule has 0 N–H and O–H groups in total. The van der Waals surface area contributed by atoms with E-state index < -0.39 is 11.7 Å². The molecule has 1 aromatic carbocycles. The quantitative estimate of drug-likeness (QED) is 0.629. The molecule has 31 heavy (non-hydrogen) atoms. The molecule has 3 atom stereocenters. The Hall–Kier alpha value is -2.39. The Labute approximate surface area is 181 Å². The molecule has 0 unspecified atom stereocenters. The van der Waals surface area contributed by atoms with Crippen LogP contribution in [0, 0.1) is 11.8 Å². The van der Waals surface area contributed by atoms with E-state index in [0.717, 1.165) is 0 Å². The van der Waals surface area contributed by atoms with E-state index in [9.17, 15) is 22.8 Å². The molecule has 2 heterocycles. The molecule has 1 aliphatic carbocycles. The molecular weight excluding hydrogens is 435 g/mol. The van der Waals surface area contributed by atoms with E-state index in [1.165, 1.54) is 42.1 Å². The van der Waals surface area contributed by atoms with Crippen LogP contribution in [0.25, 0.3) is 0 Å². The lowest BCUT2D eigenvalue weighted by Crippen LogP contribution is -2.34. The lowest BCUT2D eigenvalue weighted by Gasteiger charge is -2.20. The number of rotatable bonds is 4. The number of alkyl halides is 3. The fraction of sp³-hybridized carbons (Fsp3) is 0.476. The second-order valence-corrected chi connectivity index (χ2v) is 8.49. The van der Waals surface area contributed by atoms with Crippen molar-refractivity contribution in [2.24, 2.45) is 11.8 Å². The summed E-state index contributed by atoms with van der Waals surface area (Å²) in [6, 6.07) is 5.30. The van der Waals surface area contributed by atoms with Gasteiger partial charge >= 0.3 is 12.2 Å². The number of amides is 1. The van der Waals surface area contributed by atoms with Gasteiger partial charge < -0.3 is 9.64 Å². The Kier molecular flexibility index (Phi) is 5.83. The third kappa shape index (κ3) is 4.48. The van der Waals surface area contributed by atoms with Crippen LogP contribution in [0.4, 0.5) is 18.0 Å². The number of aromatic nitrogens is 2. The van der Waals surface area contributed by atoms with Gasteiger partial charge in [0.15, 0.2) is 5.78 Å². The van der Waals surface area contributed by atoms with E-state index in [-0.39, 0.29) is 52.6 Å². The van der Waals surface area contributed by atoms with Gasteiger partial charge in [0.05, 0.1) is 23.3 Å². The summed E-state index contributed by atoms with van der Waals surface area (Å²) >= 11 is 5.76. The number of halogens is 4. The summed E-state index contributed by atoms with van der Waals surface area (Å²) in [6.07, 6.45) is -1.88. The van der Waals surface area contributed by atoms with Crippen LogP contribution < -0.4 is 0 Å². The number of benzene rings is 1. The minimum atomic E-state index is -4.54. The van der Waals surface area contributed by atoms with Crippen molar-refractivity contribution in [1.29, 1.82) is 0 Å². The number of nitrogens with zero attached hydrogens (tertiary/aromatic N) is 3. The molecule has 0 spiro atoms. The first-order valence-electron chi connectivity index (χ1n) is 9.95. The topological polar surface area (TPSA) is 64.4 Å². The van der Waals surface area contributed by atoms with Gasteiger partial charge in [0.25, 0.3) is 0 Å². The van der Waals surface area contributed by atoms with Gasteiger partial charge in [-0.15, -0.1) is 0 Å². The standard InChI is InChI=1S/C21H21ClF3N3O3/c1-12(29)18-5-6-28(26-18)20(30)27-9-14-7-16(8-15(14)10-27)31-11-13-3-2-4-17(22)19(13)21(23,24)25/h2-6,14-16H,7-11H2,1H3/t14-,15+,16+. The lowest BCUT2D eigenvalue weighted by atomic mass is 10.0. The van der Waals surface area contributed by atoms with Gasteiger partial charge in [0.2, 0.25) is 0 Å². The van der Waals surface area contributed by atoms with Gasteiger partial charge in [0, 0.05) is 26.2 Å². The fourth-order valence-electron chi connectivity index (χ4n) is 4.51. The van der Waals surface area contributed by atoms with Crippen molar-refractivity contribution in [1.82, 2.24) is 14.7 Å². The van der Waals surface area contributed by atoms with Crippen LogP contribution in [-0.4, -0.2) is 45.7 Å². The Bertz CT molecular complexity index is 993. The number of Topliss-reactive ketones (excluding diaryl/α,β-unsaturated/α-hetero) is 1. The maximum absolute atomic E-state index is 13.3. The van der Waals surface area contributed by atoms with Crippen molar-refractivity contribution < 1.29 is 27.5 Å². The molecule has 1 amide bonds. The average molecular weight is 456 g/mol. The average Bonchev–Trinajstić information content (AvgIpc) is 3.39. The summed E-state index contributed by atoms with van der Waals surface area (Å²) < 4.78 is 46.9. The summed E-state index contributed by atoms with van der Waals surface area (Å²) in [7, 11) is 0. The van der Waals surface area contributed by atoms with E-state index in [4.69, 9.17) is 16.3 Å². The van der Waals surface area contributed by atoms with Gasteiger partial charge in [-0.25, -0.2) is 4.79 Å². The molecule has 2 aromatic rings. The van der Waals surface area contributed by atoms with Crippen LogP contribution in [0.1, 0.15) is 41.4 Å². The van der Waals surface area contributed by atoms with Gasteiger partial charge in [-0.1, -0.05) is 23.7 Å². The van der Waals surface area contributed by atoms with Gasteiger partial charge in [-0.2, -0.15) is 23.0 Å². The fourth-order valence-corrected chi connectivity index (χ4v) is 4.82. The number of likely N-dealkylation sites (tertiary alicyclic amines) is 1. The van der Waals surface area contributed by atoms with Crippen molar-refractivity contribution in [3.8, 4) is 0 Å². The Morgan fingerprint density at radius 1 is 1.19 bits per heavy atom. The minimum absolute atomic E-state index is 0.0221. The van der Waals surface area contributed by atoms with Crippen LogP contribution in [0.15, 0.2) is 30.5 Å². The highest BCUT2D eigenvalue weighted by molar-refractivity contribution is 6.31. The summed E-state index contributed by atoms with van der Waals surface area (Å²) in [5, 5.41) is 3.67. The number of hydrogen-bond donors (Lipinski definition) is 0. The largest absolute Gasteiger partial charge is 0.418 e. The normalized spacial score (nSPS) is 23.3. The highest BCUT2D eigenvalue weighted by atomic mass is 35.5. The lowest BCUT2D eigenvalue weighted by molar-refractivity contribution is -0.139. The van der Waals surface area contributed by atoms with Crippen LogP contribution in [0.3, 0.4) is 0 Å². The zero-order valence-electron chi connectivity index (χ0n) is 16.7. The van der Waals surface area contributed by atoms with Crippen LogP contribution in [-0.2, 0) is 17.5 Å². The van der Waals surface area contributed by atoms with Crippen LogP contribution in [0.5, 0.6) is 0 Å². The summed E-state index contributed by atoms with van der Waals surface area (Å²) in [4.78, 5) is 25.7. The number of ketones is 1. The Morgan fingerprint density at radius 2 is 1.87 bits per heavy atom. The van der Waals surface area contributed by atoms with Crippen molar-refractivity contribution in [3.05, 3.63) is 52.3 Å². The Morgan fingerprint density at radius 3 is 2.45 bits per heavy atom. The number of carbonyl (C=O) groups is 2. The summed E-state index contributed by atoms with van der Waals surface area (Å²) in [6.45, 7) is 2.29. The maximum atomic E-state index is 13.3. The molecule has 6 nitrogen and oxygen atoms in total. The van der Waals surface area contributed by atoms with Crippen molar-refractivity contribution in [2.45, 2.75) is 38.7 Å². The third-order valence-electron chi connectivity index (χ3n) is 5.98. The van der Waals surface area contributed by atoms with E-state index in [0.29, 0.717) is 25.9 Å². The minimum Gasteiger partial charge on any atom is -0.374 e. The molecule has 2 fully saturated rings. The molecule has 1 saturated heterocycles. The zero-order valence-corrected chi connectivity index (χ0v) is 17.5. The Balaban J connectivity index is 1.34. The van der Waals surface area contributed by atoms with Crippen molar-refractivity contribution in [3.63, 3.8) is 0 Å². The van der Waals surface area contributed by atoms with Crippen molar-refractivity contribution >= 4 is 23.4 Å². The number of fused-ring (bicyclic) bond motifs is 1. The number of ether oxygens (including phenoxy) is 1. The van der Waals surface area contributed by atoms with Crippen molar-refractivity contribution in [2.75, 3.05) is 13.1 Å². The van der Waals surface area contributed by atoms with E-state index in [1.807, 2.05) is 0 Å². The number of hydrogen-bond acceptors (Lipinski definition) is 4. The van der Waals surface area contributed by atoms with E-state index in [1.54, 1.807) is 4.90 Å². The molecule has 0 radical (unpaired) electrons. The predicted octanol–water partition coefficient (Wildman–Crippen LogP) is 4.65. The van der Waals surface area contributed by atoms with E-state index in [2.05, 4.69) is 5.10 Å². The van der Waals surface area contributed by atoms with Gasteiger partial charge in [-0.3, -0.25) is 4.79 Å². The molecule has 10 heteroatoms. The molecular formula is C21H21ClF3N3O3. The molecule has 166 valence electrons. The molecule has 1 aromatic heterocycles. The second kappa shape index (κ2) is 8.27. The smallest absolute Gasteiger partial charge is 0.374 e. The first-order chi connectivity index (χ1) is 14.6. The molecule has 0 bridgehead atoms. The maximum Gasteiger partial charge on any atom is 0.418 e. The summed E-state index contributed by atoms with van der Waals surface area (Å²) in [5.41, 5.74) is -0.593. The van der Waals surface area contributed by atoms with Gasteiger partial charge in [0.1, 0.15) is 5.69 Å². The van der Waals surface area contributed by atoms with Gasteiger partial charge in [-0.05, 0) is 42.4 Å². The molecule has 1 saturated carbocycles. The predicted molar refractivity (Wildman–Crippen MR) is 106 cm³/mol.